The molecule has 0 saturated heterocycles. The van der Waals surface area contributed by atoms with Crippen LogP contribution in [0.2, 0.25) is 0 Å². The second kappa shape index (κ2) is 5.92. The van der Waals surface area contributed by atoms with Crippen LogP contribution in [0.3, 0.4) is 0 Å². The summed E-state index contributed by atoms with van der Waals surface area (Å²) in [6.07, 6.45) is 2.91. The average molecular weight is 362 g/mol. The molecule has 2 rings (SSSR count). The number of hydrogen-bond acceptors (Lipinski definition) is 4. The van der Waals surface area contributed by atoms with Gasteiger partial charge in [0.25, 0.3) is 0 Å². The normalized spacial score (nSPS) is 12.9. The van der Waals surface area contributed by atoms with Crippen molar-refractivity contribution in [2.75, 3.05) is 7.05 Å². The van der Waals surface area contributed by atoms with Crippen molar-refractivity contribution in [2.24, 2.45) is 0 Å². The first kappa shape index (κ1) is 13.0. The monoisotopic (exact) mass is 362 g/mol. The molecule has 0 aliphatic rings. The van der Waals surface area contributed by atoms with Gasteiger partial charge in [-0.25, -0.2) is 4.68 Å². The zero-order chi connectivity index (χ0) is 12.3. The van der Waals surface area contributed by atoms with Crippen molar-refractivity contribution >= 4 is 33.9 Å². The molecule has 17 heavy (non-hydrogen) atoms. The summed E-state index contributed by atoms with van der Waals surface area (Å²) in [4.78, 5) is 0. The lowest BCUT2D eigenvalue weighted by Gasteiger charge is -2.15. The molecule has 0 radical (unpaired) electrons. The van der Waals surface area contributed by atoms with Gasteiger partial charge < -0.3 is 5.32 Å². The molecular formula is C11H15IN4S. The van der Waals surface area contributed by atoms with Crippen molar-refractivity contribution in [1.82, 2.24) is 20.3 Å². The van der Waals surface area contributed by atoms with Gasteiger partial charge in [-0.3, -0.25) is 0 Å². The summed E-state index contributed by atoms with van der Waals surface area (Å²) in [6, 6.07) is 2.38. The Labute approximate surface area is 119 Å². The van der Waals surface area contributed by atoms with Crippen LogP contribution in [0.4, 0.5) is 0 Å². The van der Waals surface area contributed by atoms with Crippen LogP contribution in [-0.2, 0) is 6.54 Å². The number of rotatable bonds is 5. The SMILES string of the molecule is CCCn1nncc1C(NC)c1csc(I)c1. The summed E-state index contributed by atoms with van der Waals surface area (Å²) in [5, 5.41) is 13.7. The molecule has 2 aromatic heterocycles. The third kappa shape index (κ3) is 2.86. The van der Waals surface area contributed by atoms with E-state index in [-0.39, 0.29) is 6.04 Å². The van der Waals surface area contributed by atoms with Crippen molar-refractivity contribution in [3.05, 3.63) is 31.8 Å². The van der Waals surface area contributed by atoms with E-state index in [1.807, 2.05) is 17.9 Å². The lowest BCUT2D eigenvalue weighted by molar-refractivity contribution is 0.524. The van der Waals surface area contributed by atoms with Crippen LogP contribution in [0, 0.1) is 2.88 Å². The Morgan fingerprint density at radius 3 is 3.00 bits per heavy atom. The van der Waals surface area contributed by atoms with Crippen molar-refractivity contribution in [3.63, 3.8) is 0 Å². The van der Waals surface area contributed by atoms with Crippen LogP contribution in [0.5, 0.6) is 0 Å². The topological polar surface area (TPSA) is 42.7 Å². The molecule has 0 saturated carbocycles. The molecular weight excluding hydrogens is 347 g/mol. The fourth-order valence-corrected chi connectivity index (χ4v) is 3.23. The second-order valence-corrected chi connectivity index (χ2v) is 6.59. The van der Waals surface area contributed by atoms with Crippen molar-refractivity contribution < 1.29 is 0 Å². The van der Waals surface area contributed by atoms with Gasteiger partial charge >= 0.3 is 0 Å². The zero-order valence-corrected chi connectivity index (χ0v) is 12.8. The minimum absolute atomic E-state index is 0.177. The van der Waals surface area contributed by atoms with Crippen LogP contribution in [0.25, 0.3) is 0 Å². The average Bonchev–Trinajstić information content (AvgIpc) is 2.91. The van der Waals surface area contributed by atoms with Crippen molar-refractivity contribution in [3.8, 4) is 0 Å². The molecule has 0 fully saturated rings. The zero-order valence-electron chi connectivity index (χ0n) is 9.85. The van der Waals surface area contributed by atoms with E-state index < -0.39 is 0 Å². The fourth-order valence-electron chi connectivity index (χ4n) is 1.83. The van der Waals surface area contributed by atoms with E-state index >= 15 is 0 Å². The number of aryl methyl sites for hydroxylation is 1. The van der Waals surface area contributed by atoms with Gasteiger partial charge in [0.15, 0.2) is 0 Å². The Morgan fingerprint density at radius 1 is 1.59 bits per heavy atom. The van der Waals surface area contributed by atoms with Gasteiger partial charge in [-0.15, -0.1) is 16.4 Å². The van der Waals surface area contributed by atoms with Gasteiger partial charge in [0.1, 0.15) is 0 Å². The van der Waals surface area contributed by atoms with Crippen LogP contribution in [0.15, 0.2) is 17.6 Å². The first-order chi connectivity index (χ1) is 8.26. The fraction of sp³-hybridized carbons (Fsp3) is 0.455. The molecule has 0 aliphatic heterocycles. The molecule has 0 aromatic carbocycles. The van der Waals surface area contributed by atoms with Crippen molar-refractivity contribution in [1.29, 1.82) is 0 Å². The van der Waals surface area contributed by atoms with Crippen molar-refractivity contribution in [2.45, 2.75) is 25.9 Å². The number of hydrogen-bond donors (Lipinski definition) is 1. The maximum absolute atomic E-state index is 4.14. The Balaban J connectivity index is 2.31. The Bertz CT molecular complexity index is 479. The molecule has 0 amide bonds. The molecule has 2 heterocycles. The quantitative estimate of drug-likeness (QED) is 0.832. The van der Waals surface area contributed by atoms with Gasteiger partial charge in [0.05, 0.1) is 20.8 Å². The predicted molar refractivity (Wildman–Crippen MR) is 78.3 cm³/mol. The first-order valence-corrected chi connectivity index (χ1v) is 7.51. The number of nitrogens with zero attached hydrogens (tertiary/aromatic N) is 3. The molecule has 1 unspecified atom stereocenters. The van der Waals surface area contributed by atoms with Gasteiger partial charge in [-0.2, -0.15) is 0 Å². The first-order valence-electron chi connectivity index (χ1n) is 5.55. The molecule has 6 heteroatoms. The van der Waals surface area contributed by atoms with Gasteiger partial charge in [0, 0.05) is 6.54 Å². The predicted octanol–water partition coefficient (Wildman–Crippen LogP) is 2.66. The summed E-state index contributed by atoms with van der Waals surface area (Å²) in [6.45, 7) is 3.06. The molecule has 2 aromatic rings. The lowest BCUT2D eigenvalue weighted by Crippen LogP contribution is -2.21. The highest BCUT2D eigenvalue weighted by Crippen LogP contribution is 2.26. The van der Waals surface area contributed by atoms with Crippen LogP contribution in [-0.4, -0.2) is 22.0 Å². The number of thiophene rings is 1. The Kier molecular flexibility index (Phi) is 4.52. The molecule has 0 bridgehead atoms. The van der Waals surface area contributed by atoms with E-state index in [1.54, 1.807) is 11.3 Å². The minimum atomic E-state index is 0.177. The molecule has 1 N–H and O–H groups in total. The third-order valence-corrected chi connectivity index (χ3v) is 4.40. The number of nitrogens with one attached hydrogen (secondary N) is 1. The number of aromatic nitrogens is 3. The summed E-state index contributed by atoms with van der Waals surface area (Å²) in [7, 11) is 1.97. The smallest absolute Gasteiger partial charge is 0.0802 e. The van der Waals surface area contributed by atoms with E-state index in [2.05, 4.69) is 56.6 Å². The third-order valence-electron chi connectivity index (χ3n) is 2.59. The lowest BCUT2D eigenvalue weighted by atomic mass is 10.1. The van der Waals surface area contributed by atoms with E-state index in [4.69, 9.17) is 0 Å². The van der Waals surface area contributed by atoms with Gasteiger partial charge in [0.2, 0.25) is 0 Å². The molecule has 0 spiro atoms. The van der Waals surface area contributed by atoms with Gasteiger partial charge in [-0.1, -0.05) is 12.1 Å². The highest BCUT2D eigenvalue weighted by Gasteiger charge is 2.18. The highest BCUT2D eigenvalue weighted by atomic mass is 127. The standard InChI is InChI=1S/C11H15IN4S/c1-3-4-16-9(6-14-15-16)11(13-2)8-5-10(12)17-7-8/h5-7,11,13H,3-4H2,1-2H3. The Hall–Kier alpha value is -0.470. The maximum atomic E-state index is 4.14. The summed E-state index contributed by atoms with van der Waals surface area (Å²) < 4.78 is 3.28. The van der Waals surface area contributed by atoms with E-state index in [1.165, 1.54) is 8.45 Å². The molecule has 92 valence electrons. The largest absolute Gasteiger partial charge is 0.308 e. The second-order valence-electron chi connectivity index (χ2n) is 3.79. The van der Waals surface area contributed by atoms with E-state index in [9.17, 15) is 0 Å². The van der Waals surface area contributed by atoms with Gasteiger partial charge in [-0.05, 0) is 53.1 Å². The van der Waals surface area contributed by atoms with Crippen LogP contribution < -0.4 is 5.32 Å². The maximum Gasteiger partial charge on any atom is 0.0802 e. The summed E-state index contributed by atoms with van der Waals surface area (Å²) in [5.74, 6) is 0. The van der Waals surface area contributed by atoms with Crippen LogP contribution in [0.1, 0.15) is 30.6 Å². The van der Waals surface area contributed by atoms with Crippen LogP contribution >= 0.6 is 33.9 Å². The Morgan fingerprint density at radius 2 is 2.41 bits per heavy atom. The minimum Gasteiger partial charge on any atom is -0.308 e. The number of halogens is 1. The van der Waals surface area contributed by atoms with E-state index in [0.29, 0.717) is 0 Å². The highest BCUT2D eigenvalue weighted by molar-refractivity contribution is 14.1. The molecule has 4 nitrogen and oxygen atoms in total. The summed E-state index contributed by atoms with van der Waals surface area (Å²) in [5.41, 5.74) is 2.41. The molecule has 1 atom stereocenters. The van der Waals surface area contributed by atoms with E-state index in [0.717, 1.165) is 18.7 Å². The molecule has 0 aliphatic carbocycles. The summed E-state index contributed by atoms with van der Waals surface area (Å²) >= 11 is 4.11.